The Labute approximate surface area is 289 Å². The van der Waals surface area contributed by atoms with Gasteiger partial charge in [-0.25, -0.2) is 19.2 Å². The van der Waals surface area contributed by atoms with Crippen molar-refractivity contribution in [1.82, 2.24) is 25.1 Å². The summed E-state index contributed by atoms with van der Waals surface area (Å²) in [5, 5.41) is 3.07. The quantitative estimate of drug-likeness (QED) is 0.241. The van der Waals surface area contributed by atoms with E-state index in [0.717, 1.165) is 70.4 Å². The summed E-state index contributed by atoms with van der Waals surface area (Å²) in [6.45, 7) is 13.0. The van der Waals surface area contributed by atoms with Gasteiger partial charge in [0.05, 0.1) is 11.8 Å². The highest BCUT2D eigenvalue weighted by Crippen LogP contribution is 2.45. The molecule has 11 heteroatoms. The lowest BCUT2D eigenvalue weighted by Crippen LogP contribution is -2.59. The van der Waals surface area contributed by atoms with Crippen LogP contribution in [0.2, 0.25) is 0 Å². The van der Waals surface area contributed by atoms with E-state index in [1.54, 1.807) is 11.1 Å². The van der Waals surface area contributed by atoms with Gasteiger partial charge >= 0.3 is 6.09 Å². The number of likely N-dealkylation sites (tertiary alicyclic amines) is 1. The molecule has 2 aromatic carbocycles. The van der Waals surface area contributed by atoms with Gasteiger partial charge in [0.15, 0.2) is 11.6 Å². The molecular weight excluding hydrogens is 623 g/mol. The first-order valence-corrected chi connectivity index (χ1v) is 17.6. The van der Waals surface area contributed by atoms with Crippen molar-refractivity contribution in [3.8, 4) is 11.5 Å². The zero-order chi connectivity index (χ0) is 34.5. The molecule has 1 aromatic heterocycles. The van der Waals surface area contributed by atoms with Gasteiger partial charge in [-0.1, -0.05) is 30.3 Å². The maximum absolute atomic E-state index is 14.4. The summed E-state index contributed by atoms with van der Waals surface area (Å²) in [7, 11) is 0. The van der Waals surface area contributed by atoms with Crippen LogP contribution in [0.4, 0.5) is 15.0 Å². The Morgan fingerprint density at radius 3 is 2.47 bits per heavy atom. The van der Waals surface area contributed by atoms with Crippen LogP contribution in [0, 0.1) is 17.2 Å². The van der Waals surface area contributed by atoms with E-state index in [0.29, 0.717) is 22.9 Å². The van der Waals surface area contributed by atoms with Gasteiger partial charge in [-0.2, -0.15) is 0 Å². The number of hydrogen-bond acceptors (Lipinski definition) is 8. The number of alkyl carbamates (subject to hydrolysis) is 1. The summed E-state index contributed by atoms with van der Waals surface area (Å²) < 4.78 is 26.1. The van der Waals surface area contributed by atoms with Crippen LogP contribution in [0.15, 0.2) is 61.1 Å². The second-order valence-electron chi connectivity index (χ2n) is 14.6. The maximum atomic E-state index is 14.4. The Bertz CT molecular complexity index is 1580. The number of hydrogen-bond donors (Lipinski definition) is 1. The molecule has 3 aromatic rings. The Morgan fingerprint density at radius 2 is 1.76 bits per heavy atom. The summed E-state index contributed by atoms with van der Waals surface area (Å²) >= 11 is 0. The van der Waals surface area contributed by atoms with Gasteiger partial charge in [0.1, 0.15) is 24.5 Å². The number of ether oxygens (including phenoxy) is 2. The van der Waals surface area contributed by atoms with Gasteiger partial charge in [-0.15, -0.1) is 0 Å². The standard InChI is InChI=1S/C38H49FN6O4/c1-26(2)45(27(3)4)36(46)32-18-30(39)10-11-33(32)49-34-19-40-25-41-35(34)44-17-14-29(21-44)20-43-23-38(24-43)15-12-31(13-16-38)42-37(47)48-22-28-8-6-5-7-9-28/h5-11,18-19,25-27,29,31H,12-17,20-24H2,1-4H3,(H,42,47)/t29-/m0/s1. The van der Waals surface area contributed by atoms with E-state index in [1.807, 2.05) is 58.0 Å². The lowest BCUT2D eigenvalue weighted by atomic mass is 9.67. The summed E-state index contributed by atoms with van der Waals surface area (Å²) in [6, 6.07) is 13.8. The summed E-state index contributed by atoms with van der Waals surface area (Å²) in [4.78, 5) is 41.2. The van der Waals surface area contributed by atoms with E-state index in [9.17, 15) is 14.0 Å². The predicted octanol–water partition coefficient (Wildman–Crippen LogP) is 6.66. The van der Waals surface area contributed by atoms with Gasteiger partial charge in [-0.3, -0.25) is 4.79 Å². The number of carbonyl (C=O) groups excluding carboxylic acids is 2. The number of rotatable bonds is 11. The number of halogens is 1. The zero-order valence-electron chi connectivity index (χ0n) is 29.1. The smallest absolute Gasteiger partial charge is 0.407 e. The molecule has 1 atom stereocenters. The maximum Gasteiger partial charge on any atom is 0.407 e. The van der Waals surface area contributed by atoms with E-state index >= 15 is 0 Å². The third-order valence-corrected chi connectivity index (χ3v) is 10.2. The van der Waals surface area contributed by atoms with E-state index in [4.69, 9.17) is 9.47 Å². The molecule has 0 radical (unpaired) electrons. The molecule has 6 rings (SSSR count). The van der Waals surface area contributed by atoms with Crippen molar-refractivity contribution in [2.45, 2.75) is 84.5 Å². The molecule has 10 nitrogen and oxygen atoms in total. The minimum absolute atomic E-state index is 0.0600. The largest absolute Gasteiger partial charge is 0.451 e. The number of benzene rings is 2. The molecule has 1 aliphatic carbocycles. The minimum Gasteiger partial charge on any atom is -0.451 e. The van der Waals surface area contributed by atoms with Gasteiger partial charge in [0.25, 0.3) is 5.91 Å². The van der Waals surface area contributed by atoms with Crippen LogP contribution in [-0.2, 0) is 11.3 Å². The monoisotopic (exact) mass is 672 g/mol. The average molecular weight is 673 g/mol. The van der Waals surface area contributed by atoms with Crippen LogP contribution >= 0.6 is 0 Å². The Balaban J connectivity index is 0.992. The third-order valence-electron chi connectivity index (χ3n) is 10.2. The average Bonchev–Trinajstić information content (AvgIpc) is 3.53. The molecule has 262 valence electrons. The SMILES string of the molecule is CC(C)N(C(=O)c1cc(F)ccc1Oc1cncnc1N1CC[C@@H](CN2CC3(CCC(NC(=O)OCc4ccccc4)CC3)C2)C1)C(C)C. The van der Waals surface area contributed by atoms with Crippen LogP contribution < -0.4 is 15.0 Å². The number of carbonyl (C=O) groups is 2. The molecule has 3 fully saturated rings. The summed E-state index contributed by atoms with van der Waals surface area (Å²) in [5.74, 6) is 1.12. The number of amides is 2. The number of nitrogens with zero attached hydrogens (tertiary/aromatic N) is 5. The second-order valence-corrected chi connectivity index (χ2v) is 14.6. The van der Waals surface area contributed by atoms with Gasteiger partial charge < -0.3 is 29.5 Å². The van der Waals surface area contributed by atoms with Crippen LogP contribution in [0.3, 0.4) is 0 Å². The molecule has 1 N–H and O–H groups in total. The molecule has 2 saturated heterocycles. The van der Waals surface area contributed by atoms with Crippen molar-refractivity contribution in [3.63, 3.8) is 0 Å². The minimum atomic E-state index is -0.494. The van der Waals surface area contributed by atoms with E-state index in [-0.39, 0.29) is 48.0 Å². The second kappa shape index (κ2) is 15.1. The lowest BCUT2D eigenvalue weighted by molar-refractivity contribution is -0.0398. The third kappa shape index (κ3) is 8.32. The number of anilines is 1. The highest BCUT2D eigenvalue weighted by Gasteiger charge is 2.46. The fourth-order valence-corrected chi connectivity index (χ4v) is 7.89. The highest BCUT2D eigenvalue weighted by molar-refractivity contribution is 5.97. The fraction of sp³-hybridized carbons (Fsp3) is 0.526. The molecule has 1 saturated carbocycles. The molecule has 2 amide bonds. The Kier molecular flexibility index (Phi) is 10.7. The molecule has 0 bridgehead atoms. The molecule has 3 heterocycles. The van der Waals surface area contributed by atoms with Crippen LogP contribution in [0.1, 0.15) is 75.7 Å². The topological polar surface area (TPSA) is 100 Å². The molecule has 0 unspecified atom stereocenters. The van der Waals surface area contributed by atoms with E-state index < -0.39 is 5.82 Å². The normalized spacial score (nSPS) is 19.2. The van der Waals surface area contributed by atoms with Crippen molar-refractivity contribution in [2.75, 3.05) is 37.6 Å². The van der Waals surface area contributed by atoms with Crippen molar-refractivity contribution in [2.24, 2.45) is 11.3 Å². The van der Waals surface area contributed by atoms with E-state index in [1.165, 1.54) is 24.5 Å². The molecule has 2 aliphatic heterocycles. The highest BCUT2D eigenvalue weighted by atomic mass is 19.1. The molecule has 3 aliphatic rings. The van der Waals surface area contributed by atoms with Crippen molar-refractivity contribution < 1.29 is 23.5 Å². The van der Waals surface area contributed by atoms with Gasteiger partial charge in [0.2, 0.25) is 0 Å². The van der Waals surface area contributed by atoms with Crippen LogP contribution in [0.5, 0.6) is 11.5 Å². The molecule has 1 spiro atoms. The molecule has 49 heavy (non-hydrogen) atoms. The molecular formula is C38H49FN6O4. The Morgan fingerprint density at radius 1 is 1.02 bits per heavy atom. The zero-order valence-corrected chi connectivity index (χ0v) is 29.1. The lowest BCUT2D eigenvalue weighted by Gasteiger charge is -2.54. The first-order chi connectivity index (χ1) is 23.6. The van der Waals surface area contributed by atoms with Gasteiger partial charge in [-0.05, 0) is 94.9 Å². The predicted molar refractivity (Wildman–Crippen MR) is 186 cm³/mol. The first-order valence-electron chi connectivity index (χ1n) is 17.6. The number of nitrogens with one attached hydrogen (secondary N) is 1. The van der Waals surface area contributed by atoms with Crippen molar-refractivity contribution in [3.05, 3.63) is 78.0 Å². The fourth-order valence-electron chi connectivity index (χ4n) is 7.89. The van der Waals surface area contributed by atoms with Crippen LogP contribution in [-0.4, -0.2) is 82.6 Å². The summed E-state index contributed by atoms with van der Waals surface area (Å²) in [6.07, 6.45) is 8.03. The van der Waals surface area contributed by atoms with Gasteiger partial charge in [0, 0.05) is 50.8 Å². The van der Waals surface area contributed by atoms with Crippen LogP contribution in [0.25, 0.3) is 0 Å². The number of aromatic nitrogens is 2. The first kappa shape index (κ1) is 34.6. The summed E-state index contributed by atoms with van der Waals surface area (Å²) in [5.41, 5.74) is 1.51. The van der Waals surface area contributed by atoms with Crippen molar-refractivity contribution in [1.29, 1.82) is 0 Å². The Hall–Kier alpha value is -4.25. The van der Waals surface area contributed by atoms with E-state index in [2.05, 4.69) is 25.1 Å². The van der Waals surface area contributed by atoms with Crippen molar-refractivity contribution >= 4 is 17.8 Å².